The first kappa shape index (κ1) is 53.8. The Bertz CT molecular complexity index is 2560. The zero-order valence-corrected chi connectivity index (χ0v) is 46.1. The second-order valence-electron chi connectivity index (χ2n) is 17.2. The number of hydrogen-bond acceptors (Lipinski definition) is 10. The van der Waals surface area contributed by atoms with Crippen LogP contribution in [0.3, 0.4) is 0 Å². The third-order valence-electron chi connectivity index (χ3n) is 12.2. The monoisotopic (exact) mass is 1030 g/mol. The predicted molar refractivity (Wildman–Crippen MR) is 288 cm³/mol. The largest absolute Gasteiger partial charge is 0.496 e. The van der Waals surface area contributed by atoms with Gasteiger partial charge in [-0.25, -0.2) is 9.59 Å². The molecule has 6 rings (SSSR count). The van der Waals surface area contributed by atoms with Gasteiger partial charge in [0.1, 0.15) is 34.5 Å². The lowest BCUT2D eigenvalue weighted by atomic mass is 10.0. The fourth-order valence-corrected chi connectivity index (χ4v) is 15.3. The number of rotatable bonds is 17. The van der Waals surface area contributed by atoms with Crippen molar-refractivity contribution >= 4 is 82.8 Å². The van der Waals surface area contributed by atoms with Crippen molar-refractivity contribution in [1.29, 1.82) is 0 Å². The third kappa shape index (κ3) is 10.7. The van der Waals surface area contributed by atoms with E-state index in [2.05, 4.69) is 48.5 Å². The summed E-state index contributed by atoms with van der Waals surface area (Å²) < 4.78 is 47.7. The predicted octanol–water partition coefficient (Wildman–Crippen LogP) is 10.6. The van der Waals surface area contributed by atoms with Crippen molar-refractivity contribution in [2.45, 2.75) is 81.4 Å². The van der Waals surface area contributed by atoms with Crippen LogP contribution in [0, 0.1) is 55.4 Å². The topological polar surface area (TPSA) is 108 Å². The summed E-state index contributed by atoms with van der Waals surface area (Å²) in [5.74, 6) is 2.25. The van der Waals surface area contributed by atoms with Gasteiger partial charge in [-0.3, -0.25) is 0 Å². The highest BCUT2D eigenvalue weighted by Gasteiger charge is 2.36. The molecule has 6 aromatic carbocycles. The van der Waals surface area contributed by atoms with Gasteiger partial charge in [0.05, 0.1) is 52.7 Å². The van der Waals surface area contributed by atoms with Crippen molar-refractivity contribution in [3.05, 3.63) is 127 Å². The lowest BCUT2D eigenvalue weighted by Crippen LogP contribution is -2.31. The Hall–Kier alpha value is -5.50. The number of aryl methyl sites for hydroxylation is 8. The van der Waals surface area contributed by atoms with Crippen molar-refractivity contribution < 1.29 is 47.5 Å². The molecule has 0 spiro atoms. The smallest absolute Gasteiger partial charge is 0.346 e. The van der Waals surface area contributed by atoms with E-state index in [-0.39, 0.29) is 21.5 Å². The molecule has 0 saturated carbocycles. The summed E-state index contributed by atoms with van der Waals surface area (Å²) in [6.45, 7) is 19.5. The highest BCUT2D eigenvalue weighted by Crippen LogP contribution is 2.52. The molecule has 0 fully saturated rings. The Labute approximate surface area is 425 Å². The van der Waals surface area contributed by atoms with E-state index in [4.69, 9.17) is 61.1 Å². The van der Waals surface area contributed by atoms with Gasteiger partial charge in [-0.05, 0) is 222 Å². The van der Waals surface area contributed by atoms with E-state index in [1.807, 2.05) is 67.5 Å². The van der Waals surface area contributed by atoms with Crippen LogP contribution in [0.15, 0.2) is 72.8 Å². The van der Waals surface area contributed by atoms with Gasteiger partial charge in [0.15, 0.2) is 12.2 Å². The maximum absolute atomic E-state index is 13.4. The van der Waals surface area contributed by atoms with E-state index < -0.39 is 40.0 Å². The maximum Gasteiger partial charge on any atom is 0.346 e. The molecule has 2 atom stereocenters. The number of methoxy groups -OCH3 is 6. The molecule has 10 nitrogen and oxygen atoms in total. The average Bonchev–Trinajstić information content (AvgIpc) is 3.30. The Morgan fingerprint density at radius 2 is 0.629 bits per heavy atom. The van der Waals surface area contributed by atoms with Crippen LogP contribution in [-0.2, 0) is 19.1 Å². The van der Waals surface area contributed by atoms with Crippen LogP contribution < -0.4 is 60.2 Å². The highest BCUT2D eigenvalue weighted by atomic mass is 35.5. The molecule has 0 bridgehead atoms. The molecular weight excluding hydrogens is 965 g/mol. The van der Waals surface area contributed by atoms with Gasteiger partial charge in [-0.2, -0.15) is 0 Å². The number of esters is 2. The first-order chi connectivity index (χ1) is 33.2. The fourth-order valence-electron chi connectivity index (χ4n) is 9.33. The molecular formula is C56H62Cl2O10P2. The van der Waals surface area contributed by atoms with Crippen LogP contribution in [0.4, 0.5) is 0 Å². The second-order valence-corrected chi connectivity index (χ2v) is 22.4. The molecule has 70 heavy (non-hydrogen) atoms. The summed E-state index contributed by atoms with van der Waals surface area (Å²) in [5.41, 5.74) is 8.54. The molecule has 0 amide bonds. The standard InChI is InChI=1S/C56H62Cl2O10P2/c1-29-21-39(22-30(2)49(29)61-11)69(40-23-31(3)50(62-12)32(4)24-40)45-19-17-43(57)53(67-37(9)55(59)65-15)47(45)48-46(20-18-44(58)54(48)68-38(10)56(60)66-16)70(41-25-33(5)51(63-13)34(6)26-41)42-27-35(7)52(64-14)36(8)28-42/h17-28,37-38H,1-16H3. The van der Waals surface area contributed by atoms with Crippen molar-refractivity contribution in [2.75, 3.05) is 42.7 Å². The number of carbonyl (C=O) groups is 2. The van der Waals surface area contributed by atoms with E-state index in [0.29, 0.717) is 11.1 Å². The molecule has 14 heteroatoms. The Balaban J connectivity index is 1.93. The lowest BCUT2D eigenvalue weighted by molar-refractivity contribution is -0.148. The normalized spacial score (nSPS) is 12.1. The lowest BCUT2D eigenvalue weighted by Gasteiger charge is -2.31. The van der Waals surface area contributed by atoms with Gasteiger partial charge in [0.2, 0.25) is 0 Å². The molecule has 0 aliphatic carbocycles. The van der Waals surface area contributed by atoms with Gasteiger partial charge >= 0.3 is 11.9 Å². The van der Waals surface area contributed by atoms with E-state index in [1.54, 1.807) is 54.4 Å². The number of ether oxygens (including phenoxy) is 8. The van der Waals surface area contributed by atoms with Crippen LogP contribution in [0.5, 0.6) is 34.5 Å². The van der Waals surface area contributed by atoms with Crippen LogP contribution >= 0.6 is 39.0 Å². The molecule has 0 aromatic heterocycles. The van der Waals surface area contributed by atoms with Crippen molar-refractivity contribution in [2.24, 2.45) is 0 Å². The first-order valence-electron chi connectivity index (χ1n) is 22.6. The number of carbonyl (C=O) groups excluding carboxylic acids is 2. The summed E-state index contributed by atoms with van der Waals surface area (Å²) in [6.07, 6.45) is -2.25. The second kappa shape index (κ2) is 22.7. The van der Waals surface area contributed by atoms with Gasteiger partial charge in [-0.1, -0.05) is 35.3 Å². The molecule has 0 aliphatic heterocycles. The molecule has 0 radical (unpaired) electrons. The Morgan fingerprint density at radius 1 is 0.400 bits per heavy atom. The van der Waals surface area contributed by atoms with Crippen LogP contribution in [0.1, 0.15) is 58.4 Å². The zero-order valence-electron chi connectivity index (χ0n) is 42.8. The van der Waals surface area contributed by atoms with Gasteiger partial charge in [0.25, 0.3) is 0 Å². The van der Waals surface area contributed by atoms with Crippen molar-refractivity contribution in [1.82, 2.24) is 0 Å². The third-order valence-corrected chi connectivity index (χ3v) is 17.6. The molecule has 370 valence electrons. The van der Waals surface area contributed by atoms with E-state index in [0.717, 1.165) is 99.3 Å². The minimum absolute atomic E-state index is 0.187. The summed E-state index contributed by atoms with van der Waals surface area (Å²) >= 11 is 14.9. The SMILES string of the molecule is COC(=O)C(C)Oc1c(Cl)ccc(P(c2cc(C)c(OC)c(C)c2)c2cc(C)c(OC)c(C)c2)c1-c1c(P(c2cc(C)c(OC)c(C)c2)c2cc(C)c(OC)c(C)c2)ccc(Cl)c1OC(C)C(=O)OC. The Morgan fingerprint density at radius 3 is 0.829 bits per heavy atom. The minimum atomic E-state index is -1.58. The van der Waals surface area contributed by atoms with Crippen LogP contribution in [-0.4, -0.2) is 66.8 Å². The first-order valence-corrected chi connectivity index (χ1v) is 26.0. The molecule has 0 heterocycles. The number of benzene rings is 6. The molecule has 6 aromatic rings. The highest BCUT2D eigenvalue weighted by molar-refractivity contribution is 7.80. The zero-order chi connectivity index (χ0) is 51.5. The van der Waals surface area contributed by atoms with E-state index in [9.17, 15) is 9.59 Å². The van der Waals surface area contributed by atoms with Gasteiger partial charge in [0, 0.05) is 11.1 Å². The summed E-state index contributed by atoms with van der Waals surface area (Å²) in [4.78, 5) is 26.9. The molecule has 0 N–H and O–H groups in total. The van der Waals surface area contributed by atoms with Gasteiger partial charge in [-0.15, -0.1) is 0 Å². The number of hydrogen-bond donors (Lipinski definition) is 0. The summed E-state index contributed by atoms with van der Waals surface area (Å²) in [6, 6.07) is 24.8. The number of halogens is 2. The fraction of sp³-hybridized carbons (Fsp3) is 0.321. The average molecular weight is 1030 g/mol. The van der Waals surface area contributed by atoms with Crippen molar-refractivity contribution in [3.63, 3.8) is 0 Å². The summed E-state index contributed by atoms with van der Waals surface area (Å²) in [5, 5.41) is 5.96. The van der Waals surface area contributed by atoms with E-state index >= 15 is 0 Å². The van der Waals surface area contributed by atoms with Crippen LogP contribution in [0.25, 0.3) is 11.1 Å². The maximum atomic E-state index is 13.4. The van der Waals surface area contributed by atoms with Gasteiger partial charge < -0.3 is 37.9 Å². The quantitative estimate of drug-likeness (QED) is 0.0647. The summed E-state index contributed by atoms with van der Waals surface area (Å²) in [7, 11) is 6.15. The molecule has 2 unspecified atom stereocenters. The van der Waals surface area contributed by atoms with Crippen LogP contribution in [0.2, 0.25) is 10.0 Å². The Kier molecular flexibility index (Phi) is 17.5. The van der Waals surface area contributed by atoms with E-state index in [1.165, 1.54) is 14.2 Å². The minimum Gasteiger partial charge on any atom is -0.496 e. The molecule has 0 saturated heterocycles. The molecule has 0 aliphatic rings. The van der Waals surface area contributed by atoms with Crippen molar-refractivity contribution in [3.8, 4) is 45.6 Å².